The Balaban J connectivity index is 2.72. The van der Waals surface area contributed by atoms with Gasteiger partial charge in [0.2, 0.25) is 0 Å². The average Bonchev–Trinajstić information content (AvgIpc) is 2.69. The molecule has 0 aliphatic heterocycles. The normalized spacial score (nSPS) is 12.2. The van der Waals surface area contributed by atoms with E-state index in [1.54, 1.807) is 26.8 Å². The minimum absolute atomic E-state index is 0.0188. The largest absolute Gasteiger partial charge is 0.469 e. The third-order valence-electron chi connectivity index (χ3n) is 4.87. The first-order valence-electron chi connectivity index (χ1n) is 9.70. The van der Waals surface area contributed by atoms with Crippen LogP contribution in [0.3, 0.4) is 0 Å². The van der Waals surface area contributed by atoms with Gasteiger partial charge in [0.1, 0.15) is 0 Å². The lowest BCUT2D eigenvalue weighted by Gasteiger charge is -2.24. The Kier molecular flexibility index (Phi) is 6.94. The Bertz CT molecular complexity index is 1040. The maximum atomic E-state index is 13.4. The Morgan fingerprint density at radius 3 is 2.41 bits per heavy atom. The van der Waals surface area contributed by atoms with Crippen molar-refractivity contribution >= 4 is 22.9 Å². The molecule has 0 bridgehead atoms. The molecule has 1 N–H and O–H groups in total. The fraction of sp³-hybridized carbons (Fsp3) is 0.550. The fourth-order valence-corrected chi connectivity index (χ4v) is 3.18. The van der Waals surface area contributed by atoms with E-state index >= 15 is 0 Å². The van der Waals surface area contributed by atoms with Crippen molar-refractivity contribution < 1.29 is 14.3 Å². The molecule has 0 radical (unpaired) electrons. The van der Waals surface area contributed by atoms with Crippen molar-refractivity contribution in [3.8, 4) is 0 Å². The molecule has 2 aromatic heterocycles. The smallest absolute Gasteiger partial charge is 0.329 e. The zero-order valence-corrected chi connectivity index (χ0v) is 17.7. The summed E-state index contributed by atoms with van der Waals surface area (Å²) in [5.41, 5.74) is -0.263. The van der Waals surface area contributed by atoms with E-state index in [0.717, 1.165) is 0 Å². The van der Waals surface area contributed by atoms with Gasteiger partial charge < -0.3 is 9.64 Å². The monoisotopic (exact) mass is 404 g/mol. The lowest BCUT2D eigenvalue weighted by atomic mass is 10.0. The van der Waals surface area contributed by atoms with Crippen LogP contribution >= 0.6 is 0 Å². The molecular formula is C20H28N4O5. The second-order valence-corrected chi connectivity index (χ2v) is 7.22. The molecule has 0 fully saturated rings. The maximum Gasteiger partial charge on any atom is 0.329 e. The van der Waals surface area contributed by atoms with E-state index in [1.807, 2.05) is 13.8 Å². The van der Waals surface area contributed by atoms with Crippen LogP contribution in [0.15, 0.2) is 15.7 Å². The molecule has 0 aliphatic carbocycles. The van der Waals surface area contributed by atoms with Crippen LogP contribution in [0.5, 0.6) is 0 Å². The van der Waals surface area contributed by atoms with Gasteiger partial charge in [0.15, 0.2) is 5.65 Å². The number of fused-ring (bicyclic) bond motifs is 1. The minimum Gasteiger partial charge on any atom is -0.469 e. The summed E-state index contributed by atoms with van der Waals surface area (Å²) < 4.78 is 6.09. The number of ether oxygens (including phenoxy) is 1. The number of aromatic amines is 1. The Morgan fingerprint density at radius 1 is 1.24 bits per heavy atom. The van der Waals surface area contributed by atoms with Crippen LogP contribution < -0.4 is 11.2 Å². The summed E-state index contributed by atoms with van der Waals surface area (Å²) in [6, 6.07) is 1.60. The van der Waals surface area contributed by atoms with Crippen molar-refractivity contribution in [2.75, 3.05) is 20.2 Å². The molecule has 1 atom stereocenters. The molecule has 9 heteroatoms. The molecule has 9 nitrogen and oxygen atoms in total. The van der Waals surface area contributed by atoms with E-state index < -0.39 is 29.0 Å². The van der Waals surface area contributed by atoms with Crippen LogP contribution in [0, 0.1) is 5.92 Å². The molecule has 0 spiro atoms. The highest BCUT2D eigenvalue weighted by Gasteiger charge is 2.26. The van der Waals surface area contributed by atoms with Crippen LogP contribution in [-0.2, 0) is 16.1 Å². The Hall–Kier alpha value is -2.97. The summed E-state index contributed by atoms with van der Waals surface area (Å²) in [6.45, 7) is 9.85. The number of pyridine rings is 1. The first kappa shape index (κ1) is 22.3. The Morgan fingerprint density at radius 2 is 1.90 bits per heavy atom. The summed E-state index contributed by atoms with van der Waals surface area (Å²) in [7, 11) is 1.30. The predicted octanol–water partition coefficient (Wildman–Crippen LogP) is 1.50. The zero-order valence-electron chi connectivity index (χ0n) is 17.7. The Labute approximate surface area is 168 Å². The van der Waals surface area contributed by atoms with E-state index in [-0.39, 0.29) is 29.1 Å². The molecule has 2 aromatic rings. The molecule has 0 aromatic carbocycles. The van der Waals surface area contributed by atoms with Gasteiger partial charge in [-0.25, -0.2) is 9.78 Å². The van der Waals surface area contributed by atoms with E-state index in [9.17, 15) is 19.2 Å². The van der Waals surface area contributed by atoms with Crippen LogP contribution in [0.1, 0.15) is 56.6 Å². The van der Waals surface area contributed by atoms with Gasteiger partial charge in [-0.05, 0) is 25.8 Å². The van der Waals surface area contributed by atoms with Gasteiger partial charge in [-0.2, -0.15) is 0 Å². The molecule has 1 unspecified atom stereocenters. The number of amides is 1. The number of nitrogens with zero attached hydrogens (tertiary/aromatic N) is 3. The average molecular weight is 404 g/mol. The second kappa shape index (κ2) is 9.02. The van der Waals surface area contributed by atoms with E-state index in [0.29, 0.717) is 18.8 Å². The molecule has 0 saturated heterocycles. The predicted molar refractivity (Wildman–Crippen MR) is 109 cm³/mol. The number of aromatic nitrogens is 3. The second-order valence-electron chi connectivity index (χ2n) is 7.22. The summed E-state index contributed by atoms with van der Waals surface area (Å²) in [5, 5.41) is 0.0741. The summed E-state index contributed by atoms with van der Waals surface area (Å²) in [4.78, 5) is 58.2. The number of carbonyl (C=O) groups excluding carboxylic acids is 2. The van der Waals surface area contributed by atoms with Crippen molar-refractivity contribution in [3.05, 3.63) is 38.2 Å². The van der Waals surface area contributed by atoms with Crippen LogP contribution in [0.4, 0.5) is 0 Å². The molecule has 0 aliphatic rings. The zero-order chi connectivity index (χ0) is 21.9. The molecule has 2 rings (SSSR count). The number of hydrogen-bond acceptors (Lipinski definition) is 6. The van der Waals surface area contributed by atoms with Crippen molar-refractivity contribution in [3.63, 3.8) is 0 Å². The molecule has 29 heavy (non-hydrogen) atoms. The summed E-state index contributed by atoms with van der Waals surface area (Å²) in [6.07, 6.45) is 0. The molecule has 158 valence electrons. The van der Waals surface area contributed by atoms with Crippen molar-refractivity contribution in [2.24, 2.45) is 5.92 Å². The number of hydrogen-bond donors (Lipinski definition) is 1. The summed E-state index contributed by atoms with van der Waals surface area (Å²) in [5.74, 6) is -1.36. The van der Waals surface area contributed by atoms with Crippen molar-refractivity contribution in [2.45, 2.75) is 47.1 Å². The first-order valence-corrected chi connectivity index (χ1v) is 9.70. The molecule has 1 amide bonds. The number of aryl methyl sites for hydroxylation is 1. The number of methoxy groups -OCH3 is 1. The third-order valence-corrected chi connectivity index (χ3v) is 4.87. The molecular weight excluding hydrogens is 376 g/mol. The van der Waals surface area contributed by atoms with Gasteiger partial charge >= 0.3 is 11.7 Å². The van der Waals surface area contributed by atoms with Gasteiger partial charge in [-0.15, -0.1) is 0 Å². The number of rotatable bonds is 7. The molecule has 0 saturated carbocycles. The van der Waals surface area contributed by atoms with Gasteiger partial charge in [-0.3, -0.25) is 23.9 Å². The lowest BCUT2D eigenvalue weighted by molar-refractivity contribution is -0.145. The van der Waals surface area contributed by atoms with E-state index in [1.165, 1.54) is 16.6 Å². The minimum atomic E-state index is -0.655. The highest BCUT2D eigenvalue weighted by atomic mass is 16.5. The van der Waals surface area contributed by atoms with Crippen LogP contribution in [-0.4, -0.2) is 51.5 Å². The number of carbonyl (C=O) groups is 2. The number of nitrogens with one attached hydrogen (secondary N) is 1. The quantitative estimate of drug-likeness (QED) is 0.700. The van der Waals surface area contributed by atoms with Gasteiger partial charge in [0.05, 0.1) is 24.0 Å². The fourth-order valence-electron chi connectivity index (χ4n) is 3.18. The van der Waals surface area contributed by atoms with Crippen LogP contribution in [0.2, 0.25) is 0 Å². The van der Waals surface area contributed by atoms with Crippen molar-refractivity contribution in [1.82, 2.24) is 19.4 Å². The van der Waals surface area contributed by atoms with Crippen LogP contribution in [0.25, 0.3) is 11.0 Å². The van der Waals surface area contributed by atoms with Gasteiger partial charge in [0, 0.05) is 25.3 Å². The maximum absolute atomic E-state index is 13.4. The SMILES string of the molecule is CCN(CC(C)C(=O)OC)C(=O)c1cc(C(C)C)nc2c1c(=O)[nH]c(=O)n2CC. The first-order chi connectivity index (χ1) is 13.7. The van der Waals surface area contributed by atoms with Crippen molar-refractivity contribution in [1.29, 1.82) is 0 Å². The van der Waals surface area contributed by atoms with E-state index in [4.69, 9.17) is 4.74 Å². The third kappa shape index (κ3) is 4.38. The number of esters is 1. The standard InChI is InChI=1S/C20H28N4O5/c1-7-23(10-12(5)19(27)29-6)18(26)13-9-14(11(3)4)21-16-15(13)17(25)22-20(28)24(16)8-2/h9,11-12H,7-8,10H2,1-6H3,(H,22,25,28). The van der Waals surface area contributed by atoms with E-state index in [2.05, 4.69) is 9.97 Å². The van der Waals surface area contributed by atoms with Gasteiger partial charge in [-0.1, -0.05) is 20.8 Å². The lowest BCUT2D eigenvalue weighted by Crippen LogP contribution is -2.38. The highest BCUT2D eigenvalue weighted by Crippen LogP contribution is 2.21. The highest BCUT2D eigenvalue weighted by molar-refractivity contribution is 6.05. The number of H-pyrrole nitrogens is 1. The van der Waals surface area contributed by atoms with Gasteiger partial charge in [0.25, 0.3) is 11.5 Å². The molecule has 2 heterocycles. The topological polar surface area (TPSA) is 114 Å². The summed E-state index contributed by atoms with van der Waals surface area (Å²) >= 11 is 0.